The van der Waals surface area contributed by atoms with Gasteiger partial charge in [-0.05, 0) is 35.9 Å². The minimum atomic E-state index is -0.299. The van der Waals surface area contributed by atoms with Crippen LogP contribution >= 0.6 is 35.0 Å². The maximum absolute atomic E-state index is 12.8. The van der Waals surface area contributed by atoms with Crippen LogP contribution in [0.1, 0.15) is 11.3 Å². The minimum absolute atomic E-state index is 0.107. The van der Waals surface area contributed by atoms with Crippen LogP contribution < -0.4 is 5.32 Å². The molecule has 2 aromatic carbocycles. The standard InChI is InChI=1S/C19H15Cl2FN2O2S/c20-13-3-6-16(17(21)7-13)18-8-15(26-24-18)10-27-11-19(25)23-9-12-1-4-14(22)5-2-12/h1-8H,9-11H2,(H,23,25). The molecule has 0 aliphatic carbocycles. The molecule has 0 fully saturated rings. The lowest BCUT2D eigenvalue weighted by Gasteiger charge is -2.04. The van der Waals surface area contributed by atoms with E-state index >= 15 is 0 Å². The molecule has 27 heavy (non-hydrogen) atoms. The van der Waals surface area contributed by atoms with Crippen LogP contribution in [0.15, 0.2) is 53.1 Å². The van der Waals surface area contributed by atoms with E-state index in [0.717, 1.165) is 11.1 Å². The van der Waals surface area contributed by atoms with Gasteiger partial charge in [0.25, 0.3) is 0 Å². The van der Waals surface area contributed by atoms with Gasteiger partial charge in [0.2, 0.25) is 5.91 Å². The molecule has 3 rings (SSSR count). The van der Waals surface area contributed by atoms with Crippen LogP contribution in [0, 0.1) is 5.82 Å². The van der Waals surface area contributed by atoms with Gasteiger partial charge in [0, 0.05) is 23.2 Å². The van der Waals surface area contributed by atoms with Gasteiger partial charge in [0.05, 0.1) is 16.5 Å². The van der Waals surface area contributed by atoms with Crippen molar-refractivity contribution in [2.45, 2.75) is 12.3 Å². The summed E-state index contributed by atoms with van der Waals surface area (Å²) in [6.07, 6.45) is 0. The Morgan fingerprint density at radius 3 is 2.67 bits per heavy atom. The van der Waals surface area contributed by atoms with Gasteiger partial charge in [0.1, 0.15) is 17.3 Å². The molecular formula is C19H15Cl2FN2O2S. The van der Waals surface area contributed by atoms with Gasteiger partial charge >= 0.3 is 0 Å². The van der Waals surface area contributed by atoms with E-state index in [1.807, 2.05) is 0 Å². The van der Waals surface area contributed by atoms with Crippen molar-refractivity contribution in [3.05, 3.63) is 75.7 Å². The molecule has 140 valence electrons. The van der Waals surface area contributed by atoms with Crippen molar-refractivity contribution in [1.82, 2.24) is 10.5 Å². The molecule has 1 heterocycles. The lowest BCUT2D eigenvalue weighted by atomic mass is 10.1. The average molecular weight is 425 g/mol. The van der Waals surface area contributed by atoms with Crippen LogP contribution in [0.25, 0.3) is 11.3 Å². The summed E-state index contributed by atoms with van der Waals surface area (Å²) in [5, 5.41) is 7.85. The van der Waals surface area contributed by atoms with Crippen molar-refractivity contribution < 1.29 is 13.7 Å². The van der Waals surface area contributed by atoms with Crippen LogP contribution in [0.4, 0.5) is 4.39 Å². The number of rotatable bonds is 7. The number of thioether (sulfide) groups is 1. The maximum atomic E-state index is 12.8. The molecule has 8 heteroatoms. The van der Waals surface area contributed by atoms with E-state index in [0.29, 0.717) is 33.8 Å². The van der Waals surface area contributed by atoms with E-state index in [4.69, 9.17) is 27.7 Å². The Bertz CT molecular complexity index is 932. The summed E-state index contributed by atoms with van der Waals surface area (Å²) in [5.41, 5.74) is 2.20. The first-order valence-electron chi connectivity index (χ1n) is 8.01. The van der Waals surface area contributed by atoms with Gasteiger partial charge in [-0.3, -0.25) is 4.79 Å². The van der Waals surface area contributed by atoms with Crippen molar-refractivity contribution >= 4 is 40.9 Å². The van der Waals surface area contributed by atoms with Crippen LogP contribution in [0.2, 0.25) is 10.0 Å². The van der Waals surface area contributed by atoms with E-state index in [1.165, 1.54) is 23.9 Å². The molecule has 3 aromatic rings. The first kappa shape index (κ1) is 19.7. The van der Waals surface area contributed by atoms with Crippen LogP contribution in [0.3, 0.4) is 0 Å². The molecule has 1 N–H and O–H groups in total. The van der Waals surface area contributed by atoms with Crippen molar-refractivity contribution in [3.8, 4) is 11.3 Å². The second kappa shape index (κ2) is 9.26. The smallest absolute Gasteiger partial charge is 0.230 e. The van der Waals surface area contributed by atoms with E-state index in [1.54, 1.807) is 36.4 Å². The van der Waals surface area contributed by atoms with Gasteiger partial charge in [-0.1, -0.05) is 40.5 Å². The van der Waals surface area contributed by atoms with Gasteiger partial charge in [0.15, 0.2) is 0 Å². The topological polar surface area (TPSA) is 55.1 Å². The predicted octanol–water partition coefficient (Wildman–Crippen LogP) is 5.34. The lowest BCUT2D eigenvalue weighted by Crippen LogP contribution is -2.24. The highest BCUT2D eigenvalue weighted by molar-refractivity contribution is 7.99. The van der Waals surface area contributed by atoms with Crippen LogP contribution in [0.5, 0.6) is 0 Å². The van der Waals surface area contributed by atoms with Crippen molar-refractivity contribution in [1.29, 1.82) is 0 Å². The van der Waals surface area contributed by atoms with Crippen LogP contribution in [-0.2, 0) is 17.1 Å². The van der Waals surface area contributed by atoms with Gasteiger partial charge in [-0.2, -0.15) is 0 Å². The Kier molecular flexibility index (Phi) is 6.77. The highest BCUT2D eigenvalue weighted by Crippen LogP contribution is 2.30. The zero-order valence-corrected chi connectivity index (χ0v) is 16.4. The zero-order chi connectivity index (χ0) is 19.2. The zero-order valence-electron chi connectivity index (χ0n) is 14.0. The fraction of sp³-hybridized carbons (Fsp3) is 0.158. The number of hydrogen-bond acceptors (Lipinski definition) is 4. The highest BCUT2D eigenvalue weighted by atomic mass is 35.5. The van der Waals surface area contributed by atoms with Crippen LogP contribution in [-0.4, -0.2) is 16.8 Å². The van der Waals surface area contributed by atoms with E-state index in [-0.39, 0.29) is 17.5 Å². The third kappa shape index (κ3) is 5.73. The molecule has 0 atom stereocenters. The number of halogens is 3. The molecule has 0 aliphatic heterocycles. The molecule has 0 spiro atoms. The number of nitrogens with one attached hydrogen (secondary N) is 1. The number of hydrogen-bond donors (Lipinski definition) is 1. The minimum Gasteiger partial charge on any atom is -0.360 e. The van der Waals surface area contributed by atoms with E-state index < -0.39 is 0 Å². The summed E-state index contributed by atoms with van der Waals surface area (Å²) >= 11 is 13.5. The van der Waals surface area contributed by atoms with Gasteiger partial charge in [-0.15, -0.1) is 11.8 Å². The second-order valence-corrected chi connectivity index (χ2v) is 7.53. The lowest BCUT2D eigenvalue weighted by molar-refractivity contribution is -0.118. The Labute approximate surface area is 170 Å². The molecular weight excluding hydrogens is 410 g/mol. The fourth-order valence-electron chi connectivity index (χ4n) is 2.30. The molecule has 1 aromatic heterocycles. The number of benzene rings is 2. The summed E-state index contributed by atoms with van der Waals surface area (Å²) in [5.74, 6) is 1.02. The largest absolute Gasteiger partial charge is 0.360 e. The first-order chi connectivity index (χ1) is 13.0. The summed E-state index contributed by atoms with van der Waals surface area (Å²) in [4.78, 5) is 11.9. The molecule has 1 amide bonds. The molecule has 0 saturated heterocycles. The van der Waals surface area contributed by atoms with Gasteiger partial charge in [-0.25, -0.2) is 4.39 Å². The SMILES string of the molecule is O=C(CSCc1cc(-c2ccc(Cl)cc2Cl)no1)NCc1ccc(F)cc1. The monoisotopic (exact) mass is 424 g/mol. The van der Waals surface area contributed by atoms with E-state index in [9.17, 15) is 9.18 Å². The Hall–Kier alpha value is -2.02. The quantitative estimate of drug-likeness (QED) is 0.556. The first-order valence-corrected chi connectivity index (χ1v) is 9.92. The molecule has 0 radical (unpaired) electrons. The van der Waals surface area contributed by atoms with Crippen molar-refractivity contribution in [3.63, 3.8) is 0 Å². The van der Waals surface area contributed by atoms with Crippen molar-refractivity contribution in [2.24, 2.45) is 0 Å². The number of aromatic nitrogens is 1. The third-order valence-electron chi connectivity index (χ3n) is 3.65. The Morgan fingerprint density at radius 2 is 1.93 bits per heavy atom. The van der Waals surface area contributed by atoms with Gasteiger partial charge < -0.3 is 9.84 Å². The summed E-state index contributed by atoms with van der Waals surface area (Å²) in [6.45, 7) is 0.362. The summed E-state index contributed by atoms with van der Waals surface area (Å²) < 4.78 is 18.1. The van der Waals surface area contributed by atoms with E-state index in [2.05, 4.69) is 10.5 Å². The maximum Gasteiger partial charge on any atom is 0.230 e. The molecule has 0 unspecified atom stereocenters. The molecule has 0 aliphatic rings. The Balaban J connectivity index is 1.46. The number of carbonyl (C=O) groups excluding carboxylic acids is 1. The normalized spacial score (nSPS) is 10.8. The fourth-order valence-corrected chi connectivity index (χ4v) is 3.54. The molecule has 4 nitrogen and oxygen atoms in total. The predicted molar refractivity (Wildman–Crippen MR) is 106 cm³/mol. The Morgan fingerprint density at radius 1 is 1.15 bits per heavy atom. The number of carbonyl (C=O) groups is 1. The summed E-state index contributed by atoms with van der Waals surface area (Å²) in [7, 11) is 0. The molecule has 0 bridgehead atoms. The second-order valence-electron chi connectivity index (χ2n) is 5.70. The average Bonchev–Trinajstić information content (AvgIpc) is 3.10. The highest BCUT2D eigenvalue weighted by Gasteiger charge is 2.11. The molecule has 0 saturated carbocycles. The third-order valence-corrected chi connectivity index (χ3v) is 5.15. The number of amides is 1. The summed E-state index contributed by atoms with van der Waals surface area (Å²) in [6, 6.07) is 13.0. The van der Waals surface area contributed by atoms with Crippen molar-refractivity contribution in [2.75, 3.05) is 5.75 Å². The number of nitrogens with zero attached hydrogens (tertiary/aromatic N) is 1.